The Hall–Kier alpha value is -1.64. The monoisotopic (exact) mass is 448 g/mol. The van der Waals surface area contributed by atoms with Crippen molar-refractivity contribution in [1.29, 1.82) is 0 Å². The van der Waals surface area contributed by atoms with Crippen LogP contribution in [0.2, 0.25) is 0 Å². The zero-order valence-electron chi connectivity index (χ0n) is 13.9. The highest BCUT2D eigenvalue weighted by Crippen LogP contribution is 2.38. The van der Waals surface area contributed by atoms with Crippen LogP contribution in [-0.2, 0) is 0 Å². The van der Waals surface area contributed by atoms with Crippen molar-refractivity contribution in [3.63, 3.8) is 0 Å². The lowest BCUT2D eigenvalue weighted by Gasteiger charge is -2.23. The van der Waals surface area contributed by atoms with Gasteiger partial charge in [0.2, 0.25) is 0 Å². The summed E-state index contributed by atoms with van der Waals surface area (Å²) < 4.78 is 1.82. The highest BCUT2D eigenvalue weighted by atomic mass is 79.9. The molecule has 1 aliphatic heterocycles. The van der Waals surface area contributed by atoms with Crippen molar-refractivity contribution in [2.75, 3.05) is 16.8 Å². The number of halogens is 1. The highest BCUT2D eigenvalue weighted by Gasteiger charge is 2.20. The number of thioether (sulfide) groups is 1. The van der Waals surface area contributed by atoms with Crippen LogP contribution in [0.3, 0.4) is 0 Å². The second-order valence-corrected chi connectivity index (χ2v) is 9.30. The minimum Gasteiger partial charge on any atom is -0.364 e. The predicted molar refractivity (Wildman–Crippen MR) is 113 cm³/mol. The first-order chi connectivity index (χ1) is 12.6. The average Bonchev–Trinajstić information content (AvgIpc) is 3.09. The summed E-state index contributed by atoms with van der Waals surface area (Å²) in [6, 6.07) is 10.5. The molecule has 5 nitrogen and oxygen atoms in total. The number of anilines is 1. The Morgan fingerprint density at radius 3 is 2.77 bits per heavy atom. The summed E-state index contributed by atoms with van der Waals surface area (Å²) in [5.41, 5.74) is 6.84. The minimum absolute atomic E-state index is 0.233. The normalized spacial score (nSPS) is 17.3. The molecule has 1 unspecified atom stereocenters. The number of nitrogens with zero attached hydrogens (tertiary/aromatic N) is 2. The van der Waals surface area contributed by atoms with Crippen LogP contribution in [0.5, 0.6) is 0 Å². The molecule has 0 radical (unpaired) electrons. The van der Waals surface area contributed by atoms with Gasteiger partial charge in [-0.2, -0.15) is 11.8 Å². The highest BCUT2D eigenvalue weighted by molar-refractivity contribution is 9.10. The molecule has 3 heterocycles. The Morgan fingerprint density at radius 2 is 2.08 bits per heavy atom. The van der Waals surface area contributed by atoms with E-state index < -0.39 is 5.91 Å². The first-order valence-electron chi connectivity index (χ1n) is 8.32. The van der Waals surface area contributed by atoms with E-state index in [9.17, 15) is 4.79 Å². The fourth-order valence-corrected chi connectivity index (χ4v) is 5.50. The average molecular weight is 449 g/mol. The van der Waals surface area contributed by atoms with E-state index in [0.717, 1.165) is 43.0 Å². The van der Waals surface area contributed by atoms with Gasteiger partial charge in [-0.15, -0.1) is 21.5 Å². The molecular formula is C18H17BrN4OS2. The molecule has 3 N–H and O–H groups in total. The maximum atomic E-state index is 11.8. The van der Waals surface area contributed by atoms with Crippen LogP contribution < -0.4 is 11.1 Å². The van der Waals surface area contributed by atoms with Crippen LogP contribution in [0.15, 0.2) is 34.8 Å². The lowest BCUT2D eigenvalue weighted by Crippen LogP contribution is -2.26. The number of carbonyl (C=O) groups is 1. The Bertz CT molecular complexity index is 952. The number of nitrogens with two attached hydrogens (primary N) is 1. The van der Waals surface area contributed by atoms with E-state index in [2.05, 4.69) is 37.5 Å². The van der Waals surface area contributed by atoms with E-state index in [0.29, 0.717) is 6.04 Å². The zero-order valence-corrected chi connectivity index (χ0v) is 17.1. The third-order valence-corrected chi connectivity index (χ3v) is 7.25. The summed E-state index contributed by atoms with van der Waals surface area (Å²) in [5, 5.41) is 12.8. The number of fused-ring (bicyclic) bond motifs is 1. The molecule has 0 bridgehead atoms. The second kappa shape index (κ2) is 7.54. The van der Waals surface area contributed by atoms with Gasteiger partial charge in [-0.1, -0.05) is 28.1 Å². The Morgan fingerprint density at radius 1 is 1.27 bits per heavy atom. The van der Waals surface area contributed by atoms with E-state index in [-0.39, 0.29) is 5.69 Å². The topological polar surface area (TPSA) is 80.9 Å². The van der Waals surface area contributed by atoms with Crippen LogP contribution in [0, 0.1) is 0 Å². The van der Waals surface area contributed by atoms with Gasteiger partial charge in [0.25, 0.3) is 5.91 Å². The number of primary amides is 1. The smallest absolute Gasteiger partial charge is 0.270 e. The number of hydrogen-bond acceptors (Lipinski definition) is 6. The summed E-state index contributed by atoms with van der Waals surface area (Å²) in [7, 11) is 0. The lowest BCUT2D eigenvalue weighted by atomic mass is 10.1. The van der Waals surface area contributed by atoms with Crippen LogP contribution in [0.4, 0.5) is 5.82 Å². The van der Waals surface area contributed by atoms with Crippen LogP contribution >= 0.6 is 39.0 Å². The lowest BCUT2D eigenvalue weighted by molar-refractivity contribution is 0.0996. The Kier molecular flexibility index (Phi) is 5.15. The summed E-state index contributed by atoms with van der Waals surface area (Å²) >= 11 is 6.94. The van der Waals surface area contributed by atoms with Gasteiger partial charge in [-0.25, -0.2) is 0 Å². The molecule has 0 saturated carbocycles. The van der Waals surface area contributed by atoms with Gasteiger partial charge in [0, 0.05) is 26.5 Å². The van der Waals surface area contributed by atoms with Crippen molar-refractivity contribution in [1.82, 2.24) is 10.2 Å². The molecule has 8 heteroatoms. The molecule has 2 aromatic heterocycles. The zero-order chi connectivity index (χ0) is 18.1. The molecule has 0 spiro atoms. The van der Waals surface area contributed by atoms with E-state index >= 15 is 0 Å². The molecule has 1 aromatic carbocycles. The molecule has 0 aliphatic carbocycles. The summed E-state index contributed by atoms with van der Waals surface area (Å²) in [4.78, 5) is 12.9. The third kappa shape index (κ3) is 3.58. The van der Waals surface area contributed by atoms with Gasteiger partial charge < -0.3 is 11.1 Å². The van der Waals surface area contributed by atoms with Crippen molar-refractivity contribution < 1.29 is 4.79 Å². The van der Waals surface area contributed by atoms with Gasteiger partial charge in [-0.05, 0) is 42.4 Å². The van der Waals surface area contributed by atoms with Gasteiger partial charge >= 0.3 is 0 Å². The molecule has 4 rings (SSSR count). The van der Waals surface area contributed by atoms with Gasteiger partial charge in [0.15, 0.2) is 11.5 Å². The third-order valence-electron chi connectivity index (χ3n) is 4.32. The number of carbonyl (C=O) groups excluding carboxylic acids is 1. The van der Waals surface area contributed by atoms with E-state index in [1.54, 1.807) is 0 Å². The van der Waals surface area contributed by atoms with Crippen LogP contribution in [-0.4, -0.2) is 33.7 Å². The first kappa shape index (κ1) is 17.8. The number of amides is 1. The molecule has 3 aromatic rings. The SMILES string of the molecule is NC(=O)c1nnc(NC2CCCSC2)c2cc(-c3ccc(Br)cc3)sc12. The van der Waals surface area contributed by atoms with Crippen molar-refractivity contribution in [2.45, 2.75) is 18.9 Å². The fraction of sp³-hybridized carbons (Fsp3) is 0.278. The quantitative estimate of drug-likeness (QED) is 0.612. The molecular weight excluding hydrogens is 432 g/mol. The van der Waals surface area contributed by atoms with E-state index in [4.69, 9.17) is 5.73 Å². The maximum absolute atomic E-state index is 11.8. The first-order valence-corrected chi connectivity index (χ1v) is 11.1. The van der Waals surface area contributed by atoms with Crippen LogP contribution in [0.25, 0.3) is 20.5 Å². The second-order valence-electron chi connectivity index (χ2n) is 6.18. The Balaban J connectivity index is 1.78. The van der Waals surface area contributed by atoms with E-state index in [1.807, 2.05) is 36.0 Å². The number of nitrogens with one attached hydrogen (secondary N) is 1. The Labute approximate surface area is 167 Å². The van der Waals surface area contributed by atoms with Gasteiger partial charge in [-0.3, -0.25) is 4.79 Å². The van der Waals surface area contributed by atoms with Crippen LogP contribution in [0.1, 0.15) is 23.3 Å². The number of rotatable bonds is 4. The minimum atomic E-state index is -0.550. The molecule has 1 aliphatic rings. The summed E-state index contributed by atoms with van der Waals surface area (Å²) in [5.74, 6) is 2.46. The molecule has 26 heavy (non-hydrogen) atoms. The van der Waals surface area contributed by atoms with Gasteiger partial charge in [0.1, 0.15) is 0 Å². The van der Waals surface area contributed by atoms with Crippen molar-refractivity contribution >= 4 is 60.8 Å². The van der Waals surface area contributed by atoms with Crippen molar-refractivity contribution in [3.05, 3.63) is 40.5 Å². The predicted octanol–water partition coefficient (Wildman–Crippen LogP) is 4.53. The summed E-state index contributed by atoms with van der Waals surface area (Å²) in [6.45, 7) is 0. The van der Waals surface area contributed by atoms with Crippen molar-refractivity contribution in [2.24, 2.45) is 5.73 Å². The van der Waals surface area contributed by atoms with E-state index in [1.165, 1.54) is 23.5 Å². The fourth-order valence-electron chi connectivity index (χ4n) is 3.01. The number of hydrogen-bond donors (Lipinski definition) is 2. The standard InChI is InChI=1S/C18H17BrN4OS2/c19-11-5-3-10(4-6-11)14-8-13-16(26-14)15(17(20)24)22-23-18(13)21-12-2-1-7-25-9-12/h3-6,8,12H,1-2,7,9H2,(H2,20,24)(H,21,23). The largest absolute Gasteiger partial charge is 0.364 e. The number of benzene rings is 1. The number of thiophene rings is 1. The molecule has 1 saturated heterocycles. The molecule has 1 amide bonds. The summed E-state index contributed by atoms with van der Waals surface area (Å²) in [6.07, 6.45) is 2.32. The molecule has 134 valence electrons. The maximum Gasteiger partial charge on any atom is 0.270 e. The number of aromatic nitrogens is 2. The molecule has 1 atom stereocenters. The van der Waals surface area contributed by atoms with Crippen molar-refractivity contribution in [3.8, 4) is 10.4 Å². The molecule has 1 fully saturated rings. The van der Waals surface area contributed by atoms with Gasteiger partial charge in [0.05, 0.1) is 4.70 Å².